The maximum atomic E-state index is 10.9. The van der Waals surface area contributed by atoms with Crippen molar-refractivity contribution in [3.63, 3.8) is 0 Å². The van der Waals surface area contributed by atoms with Crippen LogP contribution >= 0.6 is 0 Å². The summed E-state index contributed by atoms with van der Waals surface area (Å²) in [6.07, 6.45) is 2.92. The molecule has 0 aromatic carbocycles. The van der Waals surface area contributed by atoms with E-state index in [4.69, 9.17) is 10.8 Å². The molecule has 1 heterocycles. The molecule has 0 radical (unpaired) electrons. The smallest absolute Gasteiger partial charge is 0.331 e. The van der Waals surface area contributed by atoms with Gasteiger partial charge in [-0.3, -0.25) is 9.69 Å². The monoisotopic (exact) mass is 212 g/mol. The number of aliphatic carboxylic acids is 1. The van der Waals surface area contributed by atoms with Gasteiger partial charge in [0.05, 0.1) is 6.04 Å². The highest BCUT2D eigenvalue weighted by atomic mass is 16.4. The average molecular weight is 212 g/mol. The molecule has 1 aliphatic heterocycles. The Morgan fingerprint density at radius 2 is 2.27 bits per heavy atom. The zero-order valence-electron chi connectivity index (χ0n) is 8.77. The quantitative estimate of drug-likeness (QED) is 0.627. The van der Waals surface area contributed by atoms with Crippen LogP contribution in [0.4, 0.5) is 0 Å². The molecule has 1 unspecified atom stereocenters. The van der Waals surface area contributed by atoms with Gasteiger partial charge in [0.2, 0.25) is 5.91 Å². The molecule has 0 bridgehead atoms. The van der Waals surface area contributed by atoms with Crippen LogP contribution in [0.25, 0.3) is 0 Å². The minimum Gasteiger partial charge on any atom is -0.478 e. The maximum Gasteiger partial charge on any atom is 0.331 e. The number of amides is 1. The summed E-state index contributed by atoms with van der Waals surface area (Å²) >= 11 is 0. The van der Waals surface area contributed by atoms with Gasteiger partial charge in [0.1, 0.15) is 0 Å². The normalized spacial score (nSPS) is 22.2. The van der Waals surface area contributed by atoms with E-state index in [1.165, 1.54) is 0 Å². The van der Waals surface area contributed by atoms with E-state index in [1.54, 1.807) is 13.0 Å². The molecule has 15 heavy (non-hydrogen) atoms. The van der Waals surface area contributed by atoms with Crippen molar-refractivity contribution in [1.82, 2.24) is 4.90 Å². The van der Waals surface area contributed by atoms with Crippen molar-refractivity contribution in [3.05, 3.63) is 11.6 Å². The maximum absolute atomic E-state index is 10.9. The number of primary amides is 1. The van der Waals surface area contributed by atoms with Crippen LogP contribution in [0.15, 0.2) is 11.6 Å². The van der Waals surface area contributed by atoms with Crippen LogP contribution in [0, 0.1) is 0 Å². The Hall–Kier alpha value is -1.36. The van der Waals surface area contributed by atoms with Crippen LogP contribution < -0.4 is 5.73 Å². The molecule has 1 fully saturated rings. The van der Waals surface area contributed by atoms with E-state index in [-0.39, 0.29) is 11.9 Å². The third-order valence-corrected chi connectivity index (χ3v) is 2.69. The summed E-state index contributed by atoms with van der Waals surface area (Å²) in [6.45, 7) is 3.09. The summed E-state index contributed by atoms with van der Waals surface area (Å²) in [4.78, 5) is 23.4. The fourth-order valence-electron chi connectivity index (χ4n) is 1.59. The van der Waals surface area contributed by atoms with Crippen molar-refractivity contribution in [2.45, 2.75) is 25.8 Å². The molecule has 5 heteroatoms. The number of hydrogen-bond acceptors (Lipinski definition) is 3. The van der Waals surface area contributed by atoms with E-state index in [0.29, 0.717) is 18.5 Å². The zero-order chi connectivity index (χ0) is 11.4. The van der Waals surface area contributed by atoms with Gasteiger partial charge in [0.15, 0.2) is 0 Å². The largest absolute Gasteiger partial charge is 0.478 e. The Kier molecular flexibility index (Phi) is 3.85. The Labute approximate surface area is 88.5 Å². The summed E-state index contributed by atoms with van der Waals surface area (Å²) in [5.41, 5.74) is 5.55. The van der Waals surface area contributed by atoms with Crippen molar-refractivity contribution in [2.75, 3.05) is 13.1 Å². The first-order valence-corrected chi connectivity index (χ1v) is 5.02. The number of rotatable bonds is 5. The number of carboxylic acids is 1. The van der Waals surface area contributed by atoms with Gasteiger partial charge in [-0.15, -0.1) is 0 Å². The van der Waals surface area contributed by atoms with E-state index in [2.05, 4.69) is 0 Å². The Morgan fingerprint density at radius 1 is 1.60 bits per heavy atom. The van der Waals surface area contributed by atoms with Crippen LogP contribution in [0.1, 0.15) is 19.8 Å². The van der Waals surface area contributed by atoms with Gasteiger partial charge in [-0.05, 0) is 12.8 Å². The minimum atomic E-state index is -0.895. The number of carbonyl (C=O) groups is 2. The zero-order valence-corrected chi connectivity index (χ0v) is 8.77. The van der Waals surface area contributed by atoms with Crippen LogP contribution in [-0.2, 0) is 9.59 Å². The number of carboxylic acid groups (broad SMARTS) is 1. The van der Waals surface area contributed by atoms with E-state index in [9.17, 15) is 9.59 Å². The van der Waals surface area contributed by atoms with Crippen molar-refractivity contribution < 1.29 is 14.7 Å². The van der Waals surface area contributed by atoms with E-state index >= 15 is 0 Å². The minimum absolute atomic E-state index is 0.215. The summed E-state index contributed by atoms with van der Waals surface area (Å²) in [5.74, 6) is -1.23. The molecule has 5 nitrogen and oxygen atoms in total. The molecule has 0 aromatic rings. The molecule has 0 aliphatic carbocycles. The Bertz CT molecular complexity index is 299. The van der Waals surface area contributed by atoms with Gasteiger partial charge in [-0.2, -0.15) is 0 Å². The van der Waals surface area contributed by atoms with Gasteiger partial charge in [-0.25, -0.2) is 4.79 Å². The van der Waals surface area contributed by atoms with Crippen molar-refractivity contribution in [2.24, 2.45) is 5.73 Å². The third-order valence-electron chi connectivity index (χ3n) is 2.69. The molecular formula is C10H16N2O3. The van der Waals surface area contributed by atoms with Crippen LogP contribution in [-0.4, -0.2) is 41.0 Å². The second kappa shape index (κ2) is 4.93. The SMILES string of the molecule is CC/C(=C\CN1CCC1C(N)=O)C(=O)O. The fourth-order valence-corrected chi connectivity index (χ4v) is 1.59. The van der Waals surface area contributed by atoms with E-state index in [0.717, 1.165) is 13.0 Å². The first kappa shape index (κ1) is 11.7. The molecule has 0 saturated carbocycles. The predicted octanol–water partition coefficient (Wildman–Crippen LogP) is -0.0330. The van der Waals surface area contributed by atoms with Crippen LogP contribution in [0.5, 0.6) is 0 Å². The molecule has 1 atom stereocenters. The molecule has 0 aromatic heterocycles. The Morgan fingerprint density at radius 3 is 2.60 bits per heavy atom. The number of likely N-dealkylation sites (tertiary alicyclic amines) is 1. The van der Waals surface area contributed by atoms with Crippen molar-refractivity contribution in [1.29, 1.82) is 0 Å². The molecular weight excluding hydrogens is 196 g/mol. The summed E-state index contributed by atoms with van der Waals surface area (Å²) in [5, 5.41) is 8.77. The molecule has 1 saturated heterocycles. The van der Waals surface area contributed by atoms with Crippen molar-refractivity contribution in [3.8, 4) is 0 Å². The van der Waals surface area contributed by atoms with E-state index in [1.807, 2.05) is 4.90 Å². The first-order valence-electron chi connectivity index (χ1n) is 5.02. The summed E-state index contributed by atoms with van der Waals surface area (Å²) in [7, 11) is 0. The average Bonchev–Trinajstić information content (AvgIpc) is 2.08. The second-order valence-corrected chi connectivity index (χ2v) is 3.59. The number of nitrogens with zero attached hydrogens (tertiary/aromatic N) is 1. The molecule has 0 spiro atoms. The molecule has 1 aliphatic rings. The number of carbonyl (C=O) groups excluding carboxylic acids is 1. The highest BCUT2D eigenvalue weighted by Gasteiger charge is 2.31. The molecule has 84 valence electrons. The van der Waals surface area contributed by atoms with Crippen molar-refractivity contribution >= 4 is 11.9 Å². The van der Waals surface area contributed by atoms with Gasteiger partial charge in [-0.1, -0.05) is 13.0 Å². The predicted molar refractivity (Wildman–Crippen MR) is 55.2 cm³/mol. The standard InChI is InChI=1S/C10H16N2O3/c1-2-7(10(14)15)3-5-12-6-4-8(12)9(11)13/h3,8H,2,4-6H2,1H3,(H2,11,13)(H,14,15)/b7-3+. The number of nitrogens with two attached hydrogens (primary N) is 1. The lowest BCUT2D eigenvalue weighted by Crippen LogP contribution is -2.54. The van der Waals surface area contributed by atoms with Crippen LogP contribution in [0.2, 0.25) is 0 Å². The topological polar surface area (TPSA) is 83.6 Å². The first-order chi connectivity index (χ1) is 7.06. The lowest BCUT2D eigenvalue weighted by molar-refractivity contribution is -0.132. The highest BCUT2D eigenvalue weighted by molar-refractivity contribution is 5.86. The Balaban J connectivity index is 2.49. The fraction of sp³-hybridized carbons (Fsp3) is 0.600. The lowest BCUT2D eigenvalue weighted by atomic mass is 10.0. The van der Waals surface area contributed by atoms with Gasteiger partial charge >= 0.3 is 5.97 Å². The van der Waals surface area contributed by atoms with Gasteiger partial charge in [0, 0.05) is 18.7 Å². The third kappa shape index (κ3) is 2.79. The molecule has 3 N–H and O–H groups in total. The lowest BCUT2D eigenvalue weighted by Gasteiger charge is -2.37. The molecule has 1 amide bonds. The molecule has 1 rings (SSSR count). The summed E-state index contributed by atoms with van der Waals surface area (Å²) < 4.78 is 0. The summed E-state index contributed by atoms with van der Waals surface area (Å²) in [6, 6.07) is -0.215. The van der Waals surface area contributed by atoms with Crippen LogP contribution in [0.3, 0.4) is 0 Å². The number of hydrogen-bond donors (Lipinski definition) is 2. The second-order valence-electron chi connectivity index (χ2n) is 3.59. The highest BCUT2D eigenvalue weighted by Crippen LogP contribution is 2.16. The van der Waals surface area contributed by atoms with Gasteiger partial charge in [0.25, 0.3) is 0 Å². The van der Waals surface area contributed by atoms with E-state index < -0.39 is 5.97 Å². The van der Waals surface area contributed by atoms with Gasteiger partial charge < -0.3 is 10.8 Å².